The molecule has 1 atom stereocenters. The quantitative estimate of drug-likeness (QED) is 0.782. The molecule has 0 aromatic carbocycles. The molecule has 0 saturated heterocycles. The molecule has 20 heavy (non-hydrogen) atoms. The molecule has 0 aliphatic heterocycles. The van der Waals surface area contributed by atoms with E-state index >= 15 is 0 Å². The van der Waals surface area contributed by atoms with Gasteiger partial charge in [0.15, 0.2) is 0 Å². The van der Waals surface area contributed by atoms with Crippen molar-refractivity contribution in [2.24, 2.45) is 0 Å². The molecule has 1 unspecified atom stereocenters. The molecule has 2 rings (SSSR count). The second kappa shape index (κ2) is 7.04. The lowest BCUT2D eigenvalue weighted by atomic mass is 10.3. The Hall–Kier alpha value is -1.90. The molecular weight excluding hydrogens is 276 g/mol. The number of nitrogens with one attached hydrogen (secondary N) is 2. The SMILES string of the molecule is CCC(CSC)Nc1nc(NC)nc(-n2cncn2)n1. The van der Waals surface area contributed by atoms with Crippen LogP contribution in [-0.4, -0.2) is 54.8 Å². The summed E-state index contributed by atoms with van der Waals surface area (Å²) < 4.78 is 1.50. The lowest BCUT2D eigenvalue weighted by Gasteiger charge is -2.16. The summed E-state index contributed by atoms with van der Waals surface area (Å²) in [5.74, 6) is 2.46. The molecule has 0 bridgehead atoms. The van der Waals surface area contributed by atoms with Crippen molar-refractivity contribution in [3.05, 3.63) is 12.7 Å². The summed E-state index contributed by atoms with van der Waals surface area (Å²) in [5.41, 5.74) is 0. The minimum atomic E-state index is 0.320. The number of nitrogens with zero attached hydrogens (tertiary/aromatic N) is 6. The average Bonchev–Trinajstić information content (AvgIpc) is 3.00. The molecule has 0 fully saturated rings. The van der Waals surface area contributed by atoms with Crippen LogP contribution in [0.5, 0.6) is 0 Å². The maximum atomic E-state index is 4.37. The minimum Gasteiger partial charge on any atom is -0.357 e. The Morgan fingerprint density at radius 3 is 2.70 bits per heavy atom. The third-order valence-electron chi connectivity index (χ3n) is 2.66. The number of aromatic nitrogens is 6. The van der Waals surface area contributed by atoms with Gasteiger partial charge in [-0.3, -0.25) is 0 Å². The second-order valence-corrected chi connectivity index (χ2v) is 4.99. The standard InChI is InChI=1S/C11H18N8S/c1-4-8(5-20-3)15-10-16-9(12-2)17-11(18-10)19-7-13-6-14-19/h6-8H,4-5H2,1-3H3,(H2,12,15,16,17,18). The van der Waals surface area contributed by atoms with E-state index in [4.69, 9.17) is 0 Å². The topological polar surface area (TPSA) is 93.4 Å². The molecule has 0 aliphatic carbocycles. The van der Waals surface area contributed by atoms with Crippen LogP contribution in [0.2, 0.25) is 0 Å². The molecule has 9 heteroatoms. The number of hydrogen-bond acceptors (Lipinski definition) is 8. The Labute approximate surface area is 121 Å². The van der Waals surface area contributed by atoms with E-state index in [0.717, 1.165) is 12.2 Å². The van der Waals surface area contributed by atoms with Crippen LogP contribution in [-0.2, 0) is 0 Å². The summed E-state index contributed by atoms with van der Waals surface area (Å²) in [5, 5.41) is 10.3. The van der Waals surface area contributed by atoms with Crippen molar-refractivity contribution in [3.8, 4) is 5.95 Å². The molecule has 0 radical (unpaired) electrons. The van der Waals surface area contributed by atoms with Crippen LogP contribution < -0.4 is 10.6 Å². The normalized spacial score (nSPS) is 12.2. The van der Waals surface area contributed by atoms with Crippen LogP contribution in [0.25, 0.3) is 5.95 Å². The van der Waals surface area contributed by atoms with Gasteiger partial charge in [0.25, 0.3) is 5.95 Å². The Kier molecular flexibility index (Phi) is 5.10. The largest absolute Gasteiger partial charge is 0.357 e. The predicted molar refractivity (Wildman–Crippen MR) is 80.4 cm³/mol. The fraction of sp³-hybridized carbons (Fsp3) is 0.545. The molecule has 0 amide bonds. The zero-order valence-electron chi connectivity index (χ0n) is 11.7. The van der Waals surface area contributed by atoms with Gasteiger partial charge in [-0.2, -0.15) is 36.5 Å². The highest BCUT2D eigenvalue weighted by Crippen LogP contribution is 2.11. The highest BCUT2D eigenvalue weighted by Gasteiger charge is 2.11. The maximum Gasteiger partial charge on any atom is 0.258 e. The van der Waals surface area contributed by atoms with Gasteiger partial charge in [-0.25, -0.2) is 4.98 Å². The number of rotatable bonds is 7. The van der Waals surface area contributed by atoms with Crippen molar-refractivity contribution in [1.29, 1.82) is 0 Å². The van der Waals surface area contributed by atoms with Gasteiger partial charge in [0.1, 0.15) is 12.7 Å². The van der Waals surface area contributed by atoms with Crippen LogP contribution in [0.15, 0.2) is 12.7 Å². The van der Waals surface area contributed by atoms with Gasteiger partial charge in [0.05, 0.1) is 0 Å². The maximum absolute atomic E-state index is 4.37. The van der Waals surface area contributed by atoms with Gasteiger partial charge in [-0.1, -0.05) is 6.92 Å². The fourth-order valence-electron chi connectivity index (χ4n) is 1.60. The number of thioether (sulfide) groups is 1. The van der Waals surface area contributed by atoms with Gasteiger partial charge in [-0.05, 0) is 12.7 Å². The molecule has 8 nitrogen and oxygen atoms in total. The number of hydrogen-bond donors (Lipinski definition) is 2. The van der Waals surface area contributed by atoms with Crippen LogP contribution in [0.3, 0.4) is 0 Å². The molecule has 2 N–H and O–H groups in total. The van der Waals surface area contributed by atoms with Crippen molar-refractivity contribution in [1.82, 2.24) is 29.7 Å². The summed E-state index contributed by atoms with van der Waals surface area (Å²) in [6.45, 7) is 2.13. The second-order valence-electron chi connectivity index (χ2n) is 4.08. The van der Waals surface area contributed by atoms with E-state index in [1.807, 2.05) is 0 Å². The van der Waals surface area contributed by atoms with E-state index < -0.39 is 0 Å². The van der Waals surface area contributed by atoms with E-state index in [9.17, 15) is 0 Å². The van der Waals surface area contributed by atoms with Crippen molar-refractivity contribution < 1.29 is 0 Å². The smallest absolute Gasteiger partial charge is 0.258 e. The molecular formula is C11H18N8S. The summed E-state index contributed by atoms with van der Waals surface area (Å²) in [6.07, 6.45) is 6.08. The van der Waals surface area contributed by atoms with Crippen LogP contribution >= 0.6 is 11.8 Å². The molecule has 0 spiro atoms. The zero-order chi connectivity index (χ0) is 14.4. The van der Waals surface area contributed by atoms with Crippen molar-refractivity contribution >= 4 is 23.7 Å². The number of anilines is 2. The van der Waals surface area contributed by atoms with E-state index in [1.54, 1.807) is 25.1 Å². The van der Waals surface area contributed by atoms with Crippen molar-refractivity contribution in [2.45, 2.75) is 19.4 Å². The third-order valence-corrected chi connectivity index (χ3v) is 3.40. The summed E-state index contributed by atoms with van der Waals surface area (Å²) in [7, 11) is 1.77. The van der Waals surface area contributed by atoms with E-state index in [1.165, 1.54) is 11.0 Å². The first-order chi connectivity index (χ1) is 9.76. The van der Waals surface area contributed by atoms with Crippen LogP contribution in [0.4, 0.5) is 11.9 Å². The van der Waals surface area contributed by atoms with Gasteiger partial charge in [0, 0.05) is 18.8 Å². The van der Waals surface area contributed by atoms with Crippen LogP contribution in [0.1, 0.15) is 13.3 Å². The monoisotopic (exact) mass is 294 g/mol. The van der Waals surface area contributed by atoms with Gasteiger partial charge in [-0.15, -0.1) is 0 Å². The Balaban J connectivity index is 2.26. The van der Waals surface area contributed by atoms with Crippen molar-refractivity contribution in [3.63, 3.8) is 0 Å². The van der Waals surface area contributed by atoms with E-state index in [2.05, 4.69) is 48.8 Å². The summed E-state index contributed by atoms with van der Waals surface area (Å²) in [6, 6.07) is 0.320. The zero-order valence-corrected chi connectivity index (χ0v) is 12.6. The van der Waals surface area contributed by atoms with Crippen LogP contribution in [0, 0.1) is 0 Å². The van der Waals surface area contributed by atoms with E-state index in [0.29, 0.717) is 23.9 Å². The fourth-order valence-corrected chi connectivity index (χ4v) is 2.32. The molecule has 0 aliphatic rings. The lowest BCUT2D eigenvalue weighted by molar-refractivity contribution is 0.748. The molecule has 2 aromatic heterocycles. The van der Waals surface area contributed by atoms with Crippen molar-refractivity contribution in [2.75, 3.05) is 29.7 Å². The molecule has 108 valence electrons. The Morgan fingerprint density at radius 1 is 1.30 bits per heavy atom. The predicted octanol–water partition coefficient (Wildman–Crippen LogP) is 1.05. The third kappa shape index (κ3) is 3.56. The highest BCUT2D eigenvalue weighted by atomic mass is 32.2. The lowest BCUT2D eigenvalue weighted by Crippen LogP contribution is -2.23. The highest BCUT2D eigenvalue weighted by molar-refractivity contribution is 7.98. The molecule has 2 heterocycles. The van der Waals surface area contributed by atoms with Gasteiger partial charge < -0.3 is 10.6 Å². The van der Waals surface area contributed by atoms with Gasteiger partial charge >= 0.3 is 0 Å². The first kappa shape index (κ1) is 14.5. The summed E-state index contributed by atoms with van der Waals surface area (Å²) >= 11 is 1.79. The Bertz CT molecular complexity index is 529. The molecule has 2 aromatic rings. The summed E-state index contributed by atoms with van der Waals surface area (Å²) in [4.78, 5) is 16.8. The first-order valence-electron chi connectivity index (χ1n) is 6.31. The van der Waals surface area contributed by atoms with E-state index in [-0.39, 0.29) is 0 Å². The average molecular weight is 294 g/mol. The minimum absolute atomic E-state index is 0.320. The van der Waals surface area contributed by atoms with Gasteiger partial charge in [0.2, 0.25) is 11.9 Å². The first-order valence-corrected chi connectivity index (χ1v) is 7.70. The Morgan fingerprint density at radius 2 is 2.10 bits per heavy atom. The molecule has 0 saturated carbocycles.